The molecule has 3 aromatic rings. The fourth-order valence-corrected chi connectivity index (χ4v) is 2.96. The van der Waals surface area contributed by atoms with E-state index in [4.69, 9.17) is 10.5 Å². The Morgan fingerprint density at radius 3 is 2.61 bits per heavy atom. The number of aryl methyl sites for hydroxylation is 2. The third kappa shape index (κ3) is 4.88. The lowest BCUT2D eigenvalue weighted by molar-refractivity contribution is 0.102. The molecule has 0 atom stereocenters. The smallest absolute Gasteiger partial charge is 0.259 e. The van der Waals surface area contributed by atoms with E-state index >= 15 is 0 Å². The summed E-state index contributed by atoms with van der Waals surface area (Å²) < 4.78 is 5.94. The van der Waals surface area contributed by atoms with Gasteiger partial charge >= 0.3 is 0 Å². The molecule has 0 saturated carbocycles. The van der Waals surface area contributed by atoms with Crippen LogP contribution in [-0.4, -0.2) is 10.9 Å². The van der Waals surface area contributed by atoms with Crippen LogP contribution < -0.4 is 15.8 Å². The highest BCUT2D eigenvalue weighted by Gasteiger charge is 2.14. The van der Waals surface area contributed by atoms with Crippen LogP contribution >= 0.6 is 0 Å². The van der Waals surface area contributed by atoms with Crippen LogP contribution in [0.5, 0.6) is 11.5 Å². The monoisotopic (exact) mass is 375 g/mol. The highest BCUT2D eigenvalue weighted by molar-refractivity contribution is 6.08. The van der Waals surface area contributed by atoms with Gasteiger partial charge in [0.2, 0.25) is 0 Å². The predicted octanol–water partition coefficient (Wildman–Crippen LogP) is 5.36. The highest BCUT2D eigenvalue weighted by atomic mass is 16.5. The van der Waals surface area contributed by atoms with E-state index in [1.807, 2.05) is 31.2 Å². The summed E-state index contributed by atoms with van der Waals surface area (Å²) in [6.07, 6.45) is 4.97. The summed E-state index contributed by atoms with van der Waals surface area (Å²) in [5.41, 5.74) is 8.95. The van der Waals surface area contributed by atoms with Gasteiger partial charge in [-0.25, -0.2) is 4.98 Å². The van der Waals surface area contributed by atoms with Gasteiger partial charge in [0.05, 0.1) is 5.56 Å². The molecule has 5 nitrogen and oxygen atoms in total. The molecule has 5 heteroatoms. The Hall–Kier alpha value is -3.34. The largest absolute Gasteiger partial charge is 0.457 e. The first-order valence-corrected chi connectivity index (χ1v) is 9.46. The van der Waals surface area contributed by atoms with E-state index in [-0.39, 0.29) is 11.7 Å². The number of benzene rings is 2. The maximum atomic E-state index is 12.5. The lowest BCUT2D eigenvalue weighted by Crippen LogP contribution is -2.16. The maximum absolute atomic E-state index is 12.5. The van der Waals surface area contributed by atoms with Crippen molar-refractivity contribution in [3.63, 3.8) is 0 Å². The van der Waals surface area contributed by atoms with Gasteiger partial charge in [-0.3, -0.25) is 4.79 Å². The molecule has 0 aliphatic rings. The van der Waals surface area contributed by atoms with Gasteiger partial charge in [-0.1, -0.05) is 25.5 Å². The summed E-state index contributed by atoms with van der Waals surface area (Å²) in [6.45, 7) is 4.02. The van der Waals surface area contributed by atoms with Gasteiger partial charge in [-0.05, 0) is 73.4 Å². The molecule has 0 aliphatic heterocycles. The Balaban J connectivity index is 1.66. The first-order valence-electron chi connectivity index (χ1n) is 9.46. The van der Waals surface area contributed by atoms with E-state index < -0.39 is 0 Å². The van der Waals surface area contributed by atoms with Crippen molar-refractivity contribution in [2.75, 3.05) is 11.1 Å². The van der Waals surface area contributed by atoms with Crippen LogP contribution in [0.25, 0.3) is 0 Å². The SMILES string of the molecule is CCCCc1cccc(Oc2ccc(NC(=O)c3c(C)ccnc3N)cc2)c1. The number of hydrogen-bond donors (Lipinski definition) is 2. The lowest BCUT2D eigenvalue weighted by Gasteiger charge is -2.11. The summed E-state index contributed by atoms with van der Waals surface area (Å²) >= 11 is 0. The molecule has 3 N–H and O–H groups in total. The van der Waals surface area contributed by atoms with E-state index in [1.165, 1.54) is 18.4 Å². The van der Waals surface area contributed by atoms with Gasteiger partial charge in [-0.15, -0.1) is 0 Å². The van der Waals surface area contributed by atoms with Crippen LogP contribution in [-0.2, 0) is 6.42 Å². The van der Waals surface area contributed by atoms with Gasteiger partial charge in [0, 0.05) is 11.9 Å². The molecular weight excluding hydrogens is 350 g/mol. The number of nitrogen functional groups attached to an aromatic ring is 1. The Morgan fingerprint density at radius 2 is 1.89 bits per heavy atom. The van der Waals surface area contributed by atoms with Crippen molar-refractivity contribution in [3.8, 4) is 11.5 Å². The van der Waals surface area contributed by atoms with E-state index in [0.717, 1.165) is 17.7 Å². The first kappa shape index (κ1) is 19.4. The first-order chi connectivity index (χ1) is 13.6. The van der Waals surface area contributed by atoms with Gasteiger partial charge in [0.1, 0.15) is 17.3 Å². The lowest BCUT2D eigenvalue weighted by atomic mass is 10.1. The number of amides is 1. The van der Waals surface area contributed by atoms with Gasteiger partial charge in [0.15, 0.2) is 0 Å². The van der Waals surface area contributed by atoms with Gasteiger partial charge in [-0.2, -0.15) is 0 Å². The molecule has 0 bridgehead atoms. The molecule has 2 aromatic carbocycles. The van der Waals surface area contributed by atoms with Crippen molar-refractivity contribution >= 4 is 17.4 Å². The molecular formula is C23H25N3O2. The van der Waals surface area contributed by atoms with Crippen molar-refractivity contribution < 1.29 is 9.53 Å². The number of nitrogens with two attached hydrogens (primary N) is 1. The average molecular weight is 375 g/mol. The summed E-state index contributed by atoms with van der Waals surface area (Å²) in [6, 6.07) is 17.2. The molecule has 0 aliphatic carbocycles. The third-order valence-corrected chi connectivity index (χ3v) is 4.48. The zero-order chi connectivity index (χ0) is 19.9. The topological polar surface area (TPSA) is 77.2 Å². The fourth-order valence-electron chi connectivity index (χ4n) is 2.96. The second kappa shape index (κ2) is 9.04. The summed E-state index contributed by atoms with van der Waals surface area (Å²) in [5, 5.41) is 2.85. The number of rotatable bonds is 7. The fraction of sp³-hybridized carbons (Fsp3) is 0.217. The molecule has 0 fully saturated rings. The van der Waals surface area contributed by atoms with Crippen molar-refractivity contribution in [2.45, 2.75) is 33.1 Å². The number of carbonyl (C=O) groups excluding carboxylic acids is 1. The average Bonchev–Trinajstić information content (AvgIpc) is 2.68. The number of nitrogens with zero attached hydrogens (tertiary/aromatic N) is 1. The third-order valence-electron chi connectivity index (χ3n) is 4.48. The summed E-state index contributed by atoms with van der Waals surface area (Å²) in [7, 11) is 0. The Bertz CT molecular complexity index is 932. The normalized spacial score (nSPS) is 10.5. The maximum Gasteiger partial charge on any atom is 0.259 e. The molecule has 0 spiro atoms. The van der Waals surface area contributed by atoms with Crippen molar-refractivity contribution in [2.24, 2.45) is 0 Å². The number of hydrogen-bond acceptors (Lipinski definition) is 4. The highest BCUT2D eigenvalue weighted by Crippen LogP contribution is 2.25. The summed E-state index contributed by atoms with van der Waals surface area (Å²) in [4.78, 5) is 16.5. The second-order valence-corrected chi connectivity index (χ2v) is 6.72. The van der Waals surface area contributed by atoms with E-state index in [2.05, 4.69) is 29.4 Å². The van der Waals surface area contributed by atoms with E-state index in [9.17, 15) is 4.79 Å². The minimum absolute atomic E-state index is 0.223. The molecule has 1 aromatic heterocycles. The zero-order valence-electron chi connectivity index (χ0n) is 16.2. The Morgan fingerprint density at radius 1 is 1.11 bits per heavy atom. The van der Waals surface area contributed by atoms with Crippen molar-refractivity contribution in [1.82, 2.24) is 4.98 Å². The minimum Gasteiger partial charge on any atom is -0.457 e. The molecule has 0 unspecified atom stereocenters. The summed E-state index contributed by atoms with van der Waals surface area (Å²) in [5.74, 6) is 1.47. The van der Waals surface area contributed by atoms with E-state index in [0.29, 0.717) is 17.0 Å². The number of aromatic nitrogens is 1. The van der Waals surface area contributed by atoms with Crippen LogP contribution in [0, 0.1) is 6.92 Å². The van der Waals surface area contributed by atoms with Crippen molar-refractivity contribution in [3.05, 3.63) is 77.5 Å². The molecule has 3 rings (SSSR count). The predicted molar refractivity (Wildman–Crippen MR) is 113 cm³/mol. The van der Waals surface area contributed by atoms with Crippen LogP contribution in [0.1, 0.15) is 41.3 Å². The van der Waals surface area contributed by atoms with Crippen LogP contribution in [0.4, 0.5) is 11.5 Å². The molecule has 28 heavy (non-hydrogen) atoms. The quantitative estimate of drug-likeness (QED) is 0.583. The van der Waals surface area contributed by atoms with Gasteiger partial charge in [0.25, 0.3) is 5.91 Å². The van der Waals surface area contributed by atoms with Crippen molar-refractivity contribution in [1.29, 1.82) is 0 Å². The number of pyridine rings is 1. The van der Waals surface area contributed by atoms with E-state index in [1.54, 1.807) is 24.4 Å². The molecule has 0 radical (unpaired) electrons. The standard InChI is InChI=1S/C23H25N3O2/c1-3-4-6-17-7-5-8-20(15-17)28-19-11-9-18(10-12-19)26-23(27)21-16(2)13-14-25-22(21)24/h5,7-15H,3-4,6H2,1-2H3,(H2,24,25)(H,26,27). The number of ether oxygens (including phenoxy) is 1. The van der Waals surface area contributed by atoms with Gasteiger partial charge < -0.3 is 15.8 Å². The van der Waals surface area contributed by atoms with Crippen LogP contribution in [0.3, 0.4) is 0 Å². The number of carbonyl (C=O) groups is 1. The number of anilines is 2. The molecule has 144 valence electrons. The molecule has 1 amide bonds. The number of nitrogens with one attached hydrogen (secondary N) is 1. The minimum atomic E-state index is -0.277. The zero-order valence-corrected chi connectivity index (χ0v) is 16.2. The molecule has 0 saturated heterocycles. The Labute approximate surface area is 165 Å². The second-order valence-electron chi connectivity index (χ2n) is 6.72. The Kier molecular flexibility index (Phi) is 6.27. The molecule has 1 heterocycles. The van der Waals surface area contributed by atoms with Crippen LogP contribution in [0.15, 0.2) is 60.8 Å². The van der Waals surface area contributed by atoms with Crippen LogP contribution in [0.2, 0.25) is 0 Å². The number of unbranched alkanes of at least 4 members (excludes halogenated alkanes) is 1.